The van der Waals surface area contributed by atoms with Crippen LogP contribution in [0.5, 0.6) is 5.75 Å². The number of phenols is 1. The van der Waals surface area contributed by atoms with Crippen LogP contribution in [0.15, 0.2) is 47.5 Å². The largest absolute Gasteiger partial charge is 0.507 e. The number of nitrogens with zero attached hydrogens (tertiary/aromatic N) is 2. The van der Waals surface area contributed by atoms with Gasteiger partial charge in [-0.05, 0) is 37.3 Å². The van der Waals surface area contributed by atoms with Gasteiger partial charge in [-0.2, -0.15) is 0 Å². The summed E-state index contributed by atoms with van der Waals surface area (Å²) in [5.41, 5.74) is 1.39. The van der Waals surface area contributed by atoms with Crippen LogP contribution in [0.4, 0.5) is 11.4 Å². The van der Waals surface area contributed by atoms with E-state index in [1.54, 1.807) is 30.5 Å². The maximum Gasteiger partial charge on any atom is 0.269 e. The first kappa shape index (κ1) is 16.8. The van der Waals surface area contributed by atoms with Crippen LogP contribution in [0.3, 0.4) is 0 Å². The summed E-state index contributed by atoms with van der Waals surface area (Å²) >= 11 is 5.88. The molecule has 2 N–H and O–H groups in total. The van der Waals surface area contributed by atoms with Crippen LogP contribution >= 0.6 is 11.6 Å². The molecule has 6 nitrogen and oxygen atoms in total. The van der Waals surface area contributed by atoms with Crippen molar-refractivity contribution < 1.29 is 10.0 Å². The van der Waals surface area contributed by atoms with Gasteiger partial charge in [0.2, 0.25) is 0 Å². The molecular weight excluding hydrogens is 318 g/mol. The van der Waals surface area contributed by atoms with Gasteiger partial charge >= 0.3 is 0 Å². The second-order valence-electron chi connectivity index (χ2n) is 5.02. The van der Waals surface area contributed by atoms with E-state index in [9.17, 15) is 15.2 Å². The van der Waals surface area contributed by atoms with Crippen molar-refractivity contribution in [1.29, 1.82) is 0 Å². The highest BCUT2D eigenvalue weighted by Gasteiger charge is 2.05. The third kappa shape index (κ3) is 4.96. The third-order valence-electron chi connectivity index (χ3n) is 3.14. The van der Waals surface area contributed by atoms with Crippen molar-refractivity contribution >= 4 is 29.2 Å². The van der Waals surface area contributed by atoms with Gasteiger partial charge in [-0.15, -0.1) is 0 Å². The molecule has 0 fully saturated rings. The lowest BCUT2D eigenvalue weighted by molar-refractivity contribution is -0.384. The minimum Gasteiger partial charge on any atom is -0.507 e. The number of nitro groups is 1. The van der Waals surface area contributed by atoms with E-state index in [0.29, 0.717) is 17.1 Å². The highest BCUT2D eigenvalue weighted by molar-refractivity contribution is 6.30. The van der Waals surface area contributed by atoms with Crippen LogP contribution in [-0.2, 0) is 0 Å². The Balaban J connectivity index is 1.91. The van der Waals surface area contributed by atoms with Crippen molar-refractivity contribution in [1.82, 2.24) is 0 Å². The first-order valence-corrected chi connectivity index (χ1v) is 7.33. The highest BCUT2D eigenvalue weighted by atomic mass is 35.5. The Morgan fingerprint density at radius 3 is 2.70 bits per heavy atom. The van der Waals surface area contributed by atoms with E-state index in [4.69, 9.17) is 11.6 Å². The monoisotopic (exact) mass is 333 g/mol. The zero-order valence-electron chi connectivity index (χ0n) is 12.4. The van der Waals surface area contributed by atoms with Crippen molar-refractivity contribution in [2.45, 2.75) is 13.0 Å². The maximum atomic E-state index is 10.6. The molecule has 0 unspecified atom stereocenters. The van der Waals surface area contributed by atoms with Crippen LogP contribution in [0.25, 0.3) is 0 Å². The summed E-state index contributed by atoms with van der Waals surface area (Å²) in [4.78, 5) is 14.5. The van der Waals surface area contributed by atoms with Crippen LogP contribution in [0, 0.1) is 10.1 Å². The lowest BCUT2D eigenvalue weighted by atomic mass is 10.2. The quantitative estimate of drug-likeness (QED) is 0.477. The molecule has 0 radical (unpaired) electrons. The average Bonchev–Trinajstić information content (AvgIpc) is 2.54. The number of halogens is 1. The van der Waals surface area contributed by atoms with E-state index in [2.05, 4.69) is 10.3 Å². The number of aromatic hydroxyl groups is 1. The van der Waals surface area contributed by atoms with Gasteiger partial charge in [-0.25, -0.2) is 0 Å². The van der Waals surface area contributed by atoms with Crippen molar-refractivity contribution in [3.05, 3.63) is 63.2 Å². The Morgan fingerprint density at radius 1 is 1.35 bits per heavy atom. The molecule has 2 aromatic rings. The topological polar surface area (TPSA) is 87.8 Å². The molecule has 0 saturated carbocycles. The SMILES string of the molecule is C[C@H](CNc1ccc([N+](=O)[O-])cc1)N=Cc1cc(Cl)ccc1O. The van der Waals surface area contributed by atoms with Crippen LogP contribution < -0.4 is 5.32 Å². The number of phenolic OH excluding ortho intramolecular Hbond substituents is 1. The summed E-state index contributed by atoms with van der Waals surface area (Å²) in [5.74, 6) is 0.119. The third-order valence-corrected chi connectivity index (χ3v) is 3.37. The molecule has 0 saturated heterocycles. The van der Waals surface area contributed by atoms with E-state index in [-0.39, 0.29) is 17.5 Å². The summed E-state index contributed by atoms with van der Waals surface area (Å²) in [6, 6.07) is 10.9. The molecule has 2 rings (SSSR count). The molecule has 120 valence electrons. The molecule has 0 heterocycles. The van der Waals surface area contributed by atoms with Gasteiger partial charge < -0.3 is 10.4 Å². The molecule has 0 aliphatic carbocycles. The van der Waals surface area contributed by atoms with Crippen LogP contribution in [0.2, 0.25) is 5.02 Å². The van der Waals surface area contributed by atoms with Gasteiger partial charge in [0, 0.05) is 41.2 Å². The molecule has 0 amide bonds. The number of benzene rings is 2. The molecular formula is C16H16ClN3O3. The molecule has 0 aromatic heterocycles. The first-order valence-electron chi connectivity index (χ1n) is 6.95. The number of hydrogen-bond acceptors (Lipinski definition) is 5. The summed E-state index contributed by atoms with van der Waals surface area (Å²) in [6.07, 6.45) is 1.57. The molecule has 0 aliphatic rings. The Hall–Kier alpha value is -2.60. The standard InChI is InChI=1S/C16H16ClN3O3/c1-11(18-10-12-8-13(17)2-7-16(12)21)9-19-14-3-5-15(6-4-14)20(22)23/h2-8,10-11,19,21H,9H2,1H3/t11-/m1/s1. The van der Waals surface area contributed by atoms with Gasteiger partial charge in [-0.1, -0.05) is 11.6 Å². The summed E-state index contributed by atoms with van der Waals surface area (Å²) in [5, 5.41) is 24.0. The zero-order chi connectivity index (χ0) is 16.8. The van der Waals surface area contributed by atoms with Crippen molar-refractivity contribution in [2.24, 2.45) is 4.99 Å². The minimum absolute atomic E-state index is 0.0522. The van der Waals surface area contributed by atoms with E-state index in [1.807, 2.05) is 6.92 Å². The predicted octanol–water partition coefficient (Wildman–Crippen LogP) is 3.87. The lowest BCUT2D eigenvalue weighted by Gasteiger charge is -2.09. The van der Waals surface area contributed by atoms with E-state index in [0.717, 1.165) is 5.69 Å². The summed E-state index contributed by atoms with van der Waals surface area (Å²) in [6.45, 7) is 2.46. The normalized spacial score (nSPS) is 12.3. The first-order chi connectivity index (χ1) is 11.0. The van der Waals surface area contributed by atoms with Gasteiger partial charge in [0.25, 0.3) is 5.69 Å². The number of non-ortho nitro benzene ring substituents is 1. The molecule has 0 bridgehead atoms. The van der Waals surface area contributed by atoms with Gasteiger partial charge in [0.1, 0.15) is 5.75 Å². The van der Waals surface area contributed by atoms with Gasteiger partial charge in [-0.3, -0.25) is 15.1 Å². The molecule has 7 heteroatoms. The smallest absolute Gasteiger partial charge is 0.269 e. The summed E-state index contributed by atoms with van der Waals surface area (Å²) < 4.78 is 0. The Bertz CT molecular complexity index is 717. The maximum absolute atomic E-state index is 10.6. The fourth-order valence-electron chi connectivity index (χ4n) is 1.86. The summed E-state index contributed by atoms with van der Waals surface area (Å²) in [7, 11) is 0. The number of anilines is 1. The lowest BCUT2D eigenvalue weighted by Crippen LogP contribution is -2.14. The van der Waals surface area contributed by atoms with E-state index in [1.165, 1.54) is 18.2 Å². The molecule has 0 spiro atoms. The van der Waals surface area contributed by atoms with E-state index >= 15 is 0 Å². The Labute approximate surface area is 138 Å². The van der Waals surface area contributed by atoms with Crippen molar-refractivity contribution in [3.8, 4) is 5.75 Å². The molecule has 0 aliphatic heterocycles. The fraction of sp³-hybridized carbons (Fsp3) is 0.188. The highest BCUT2D eigenvalue weighted by Crippen LogP contribution is 2.20. The number of nitro benzene ring substituents is 1. The molecule has 1 atom stereocenters. The molecule has 2 aromatic carbocycles. The van der Waals surface area contributed by atoms with Gasteiger partial charge in [0.05, 0.1) is 11.0 Å². The zero-order valence-corrected chi connectivity index (χ0v) is 13.2. The van der Waals surface area contributed by atoms with E-state index < -0.39 is 4.92 Å². The van der Waals surface area contributed by atoms with Crippen molar-refractivity contribution in [3.63, 3.8) is 0 Å². The second kappa shape index (κ2) is 7.60. The predicted molar refractivity (Wildman–Crippen MR) is 91.8 cm³/mol. The number of nitrogens with one attached hydrogen (secondary N) is 1. The van der Waals surface area contributed by atoms with Crippen LogP contribution in [-0.4, -0.2) is 28.8 Å². The minimum atomic E-state index is -0.436. The fourth-order valence-corrected chi connectivity index (χ4v) is 2.04. The van der Waals surface area contributed by atoms with Crippen molar-refractivity contribution in [2.75, 3.05) is 11.9 Å². The Kier molecular flexibility index (Phi) is 5.54. The number of hydrogen-bond donors (Lipinski definition) is 2. The second-order valence-corrected chi connectivity index (χ2v) is 5.45. The molecule has 23 heavy (non-hydrogen) atoms. The Morgan fingerprint density at radius 2 is 2.04 bits per heavy atom. The number of rotatable bonds is 6. The van der Waals surface area contributed by atoms with Crippen LogP contribution in [0.1, 0.15) is 12.5 Å². The average molecular weight is 334 g/mol. The van der Waals surface area contributed by atoms with Gasteiger partial charge in [0.15, 0.2) is 0 Å². The number of aliphatic imine (C=N–C) groups is 1.